The van der Waals surface area contributed by atoms with Crippen molar-refractivity contribution in [3.63, 3.8) is 0 Å². The topological polar surface area (TPSA) is 97.3 Å². The van der Waals surface area contributed by atoms with Gasteiger partial charge in [-0.05, 0) is 37.1 Å². The van der Waals surface area contributed by atoms with Crippen molar-refractivity contribution in [2.24, 2.45) is 0 Å². The van der Waals surface area contributed by atoms with Gasteiger partial charge in [-0.2, -0.15) is 0 Å². The van der Waals surface area contributed by atoms with E-state index in [1.807, 2.05) is 11.0 Å². The second-order valence-electron chi connectivity index (χ2n) is 8.75. The summed E-state index contributed by atoms with van der Waals surface area (Å²) in [5.74, 6) is -0.0911. The van der Waals surface area contributed by atoms with Gasteiger partial charge in [0.05, 0.1) is 22.9 Å². The van der Waals surface area contributed by atoms with Crippen LogP contribution in [-0.2, 0) is 11.2 Å². The molecule has 1 aromatic carbocycles. The van der Waals surface area contributed by atoms with Crippen molar-refractivity contribution in [3.8, 4) is 0 Å². The standard InChI is InChI=1S/C23H28FN5O3S/c1-13-4-3-5-18-19(13)26-23(33-18)27-21-22(32-21)29-7-6-28(11-14(29)2)20-17(24)9-15(10-25-20)8-16(31)12-30/h3-5,9-10,14,16,21-22,30-31H,6-8,11-12H2,1-2H3,(H,26,27). The molecule has 10 heteroatoms. The molecule has 2 fully saturated rings. The van der Waals surface area contributed by atoms with Gasteiger partial charge in [-0.25, -0.2) is 14.4 Å². The van der Waals surface area contributed by atoms with Crippen LogP contribution in [0.2, 0.25) is 0 Å². The predicted molar refractivity (Wildman–Crippen MR) is 126 cm³/mol. The number of aryl methyl sites for hydroxylation is 1. The normalized spacial score (nSPS) is 24.3. The van der Waals surface area contributed by atoms with Gasteiger partial charge < -0.3 is 25.2 Å². The first-order valence-corrected chi connectivity index (χ1v) is 12.0. The molecule has 8 nitrogen and oxygen atoms in total. The molecule has 2 saturated heterocycles. The maximum Gasteiger partial charge on any atom is 0.185 e. The quantitative estimate of drug-likeness (QED) is 0.450. The van der Waals surface area contributed by atoms with Gasteiger partial charge in [0, 0.05) is 38.3 Å². The van der Waals surface area contributed by atoms with E-state index in [-0.39, 0.29) is 31.5 Å². The van der Waals surface area contributed by atoms with Crippen LogP contribution in [0.3, 0.4) is 0 Å². The summed E-state index contributed by atoms with van der Waals surface area (Å²) < 4.78 is 21.8. The lowest BCUT2D eigenvalue weighted by Crippen LogP contribution is -2.54. The third-order valence-electron chi connectivity index (χ3n) is 6.22. The molecule has 3 N–H and O–H groups in total. The molecule has 0 bridgehead atoms. The van der Waals surface area contributed by atoms with E-state index in [0.717, 1.165) is 27.5 Å². The van der Waals surface area contributed by atoms with Crippen molar-refractivity contribution >= 4 is 32.5 Å². The molecule has 4 heterocycles. The molecule has 33 heavy (non-hydrogen) atoms. The lowest BCUT2D eigenvalue weighted by atomic mass is 10.1. The molecular weight excluding hydrogens is 445 g/mol. The van der Waals surface area contributed by atoms with Crippen LogP contribution in [0.15, 0.2) is 30.5 Å². The van der Waals surface area contributed by atoms with E-state index in [1.165, 1.54) is 6.07 Å². The zero-order valence-corrected chi connectivity index (χ0v) is 19.4. The fraction of sp³-hybridized carbons (Fsp3) is 0.478. The Bertz CT molecular complexity index is 1140. The van der Waals surface area contributed by atoms with E-state index in [1.54, 1.807) is 17.5 Å². The molecule has 0 aliphatic carbocycles. The smallest absolute Gasteiger partial charge is 0.185 e. The molecule has 0 amide bonds. The predicted octanol–water partition coefficient (Wildman–Crippen LogP) is 2.34. The molecule has 176 valence electrons. The van der Waals surface area contributed by atoms with Crippen LogP contribution in [-0.4, -0.2) is 75.9 Å². The van der Waals surface area contributed by atoms with Crippen LogP contribution in [0.25, 0.3) is 10.2 Å². The SMILES string of the molecule is Cc1cccc2sc(NC3OC3N3CCN(c4ncc(CC(O)CO)cc4F)CC3C)nc12. The summed E-state index contributed by atoms with van der Waals surface area (Å²) in [5.41, 5.74) is 2.75. The number of aliphatic hydroxyl groups excluding tert-OH is 2. The number of piperazine rings is 1. The molecule has 5 rings (SSSR count). The molecule has 4 atom stereocenters. The third-order valence-corrected chi connectivity index (χ3v) is 7.17. The lowest BCUT2D eigenvalue weighted by molar-refractivity contribution is 0.0954. The van der Waals surface area contributed by atoms with E-state index in [0.29, 0.717) is 24.5 Å². The van der Waals surface area contributed by atoms with Crippen molar-refractivity contribution in [1.82, 2.24) is 14.9 Å². The number of thiazole rings is 1. The number of aliphatic hydroxyl groups is 2. The average Bonchev–Trinajstić information content (AvgIpc) is 3.40. The maximum absolute atomic E-state index is 14.7. The number of nitrogens with one attached hydrogen (secondary N) is 1. The largest absolute Gasteiger partial charge is 0.394 e. The number of fused-ring (bicyclic) bond motifs is 1. The van der Waals surface area contributed by atoms with Crippen molar-refractivity contribution in [1.29, 1.82) is 0 Å². The number of nitrogens with zero attached hydrogens (tertiary/aromatic N) is 4. The van der Waals surface area contributed by atoms with Crippen LogP contribution >= 0.6 is 11.3 Å². The van der Waals surface area contributed by atoms with Crippen molar-refractivity contribution < 1.29 is 19.3 Å². The Morgan fingerprint density at radius 2 is 2.21 bits per heavy atom. The highest BCUT2D eigenvalue weighted by Crippen LogP contribution is 2.35. The Balaban J connectivity index is 1.18. The second-order valence-corrected chi connectivity index (χ2v) is 9.79. The fourth-order valence-electron chi connectivity index (χ4n) is 4.43. The number of aromatic nitrogens is 2. The van der Waals surface area contributed by atoms with E-state index >= 15 is 0 Å². The first-order chi connectivity index (χ1) is 15.9. The number of benzene rings is 1. The molecule has 0 radical (unpaired) electrons. The van der Waals surface area contributed by atoms with Crippen molar-refractivity contribution in [2.45, 2.75) is 44.9 Å². The Morgan fingerprint density at radius 3 is 2.94 bits per heavy atom. The summed E-state index contributed by atoms with van der Waals surface area (Å²) >= 11 is 1.63. The third kappa shape index (κ3) is 4.67. The minimum atomic E-state index is -0.910. The van der Waals surface area contributed by atoms with Gasteiger partial charge in [-0.15, -0.1) is 0 Å². The molecular formula is C23H28FN5O3S. The Morgan fingerprint density at radius 1 is 1.36 bits per heavy atom. The molecule has 2 aromatic heterocycles. The second kappa shape index (κ2) is 9.11. The number of anilines is 2. The van der Waals surface area contributed by atoms with Gasteiger partial charge in [-0.3, -0.25) is 4.90 Å². The van der Waals surface area contributed by atoms with Gasteiger partial charge in [-0.1, -0.05) is 23.5 Å². The summed E-state index contributed by atoms with van der Waals surface area (Å²) in [7, 11) is 0. The van der Waals surface area contributed by atoms with Crippen LogP contribution < -0.4 is 10.2 Å². The van der Waals surface area contributed by atoms with Gasteiger partial charge in [0.1, 0.15) is 0 Å². The van der Waals surface area contributed by atoms with E-state index < -0.39 is 11.9 Å². The van der Waals surface area contributed by atoms with Gasteiger partial charge >= 0.3 is 0 Å². The zero-order chi connectivity index (χ0) is 23.1. The van der Waals surface area contributed by atoms with E-state index in [4.69, 9.17) is 14.8 Å². The summed E-state index contributed by atoms with van der Waals surface area (Å²) in [6, 6.07) is 7.73. The van der Waals surface area contributed by atoms with Crippen LogP contribution in [0.5, 0.6) is 0 Å². The Labute approximate surface area is 195 Å². The number of pyridine rings is 1. The highest BCUT2D eigenvalue weighted by atomic mass is 32.1. The minimum Gasteiger partial charge on any atom is -0.394 e. The number of hydrogen-bond donors (Lipinski definition) is 3. The minimum absolute atomic E-state index is 0.0320. The number of para-hydroxylation sites is 1. The fourth-order valence-corrected chi connectivity index (χ4v) is 5.40. The maximum atomic E-state index is 14.7. The molecule has 2 aliphatic heterocycles. The van der Waals surface area contributed by atoms with Gasteiger partial charge in [0.15, 0.2) is 29.2 Å². The summed E-state index contributed by atoms with van der Waals surface area (Å²) in [5, 5.41) is 22.8. The van der Waals surface area contributed by atoms with Crippen LogP contribution in [0.1, 0.15) is 18.1 Å². The molecule has 4 unspecified atom stereocenters. The van der Waals surface area contributed by atoms with Gasteiger partial charge in [0.2, 0.25) is 0 Å². The number of ether oxygens (including phenoxy) is 1. The van der Waals surface area contributed by atoms with Crippen LogP contribution in [0, 0.1) is 12.7 Å². The first-order valence-electron chi connectivity index (χ1n) is 11.1. The lowest BCUT2D eigenvalue weighted by Gasteiger charge is -2.39. The van der Waals surface area contributed by atoms with E-state index in [2.05, 4.69) is 41.2 Å². The first kappa shape index (κ1) is 22.4. The van der Waals surface area contributed by atoms with E-state index in [9.17, 15) is 9.50 Å². The van der Waals surface area contributed by atoms with Crippen molar-refractivity contribution in [3.05, 3.63) is 47.4 Å². The Kier molecular flexibility index (Phi) is 6.19. The highest BCUT2D eigenvalue weighted by Gasteiger charge is 2.47. The van der Waals surface area contributed by atoms with Crippen LogP contribution in [0.4, 0.5) is 15.3 Å². The molecule has 0 saturated carbocycles. The van der Waals surface area contributed by atoms with Gasteiger partial charge in [0.25, 0.3) is 0 Å². The summed E-state index contributed by atoms with van der Waals surface area (Å²) in [6.45, 7) is 5.81. The number of rotatable bonds is 7. The number of epoxide rings is 1. The van der Waals surface area contributed by atoms with Crippen molar-refractivity contribution in [2.75, 3.05) is 36.5 Å². The molecule has 3 aromatic rings. The highest BCUT2D eigenvalue weighted by molar-refractivity contribution is 7.22. The number of halogens is 1. The Hall–Kier alpha value is -2.37. The summed E-state index contributed by atoms with van der Waals surface area (Å²) in [4.78, 5) is 13.2. The zero-order valence-electron chi connectivity index (χ0n) is 18.6. The average molecular weight is 474 g/mol. The monoisotopic (exact) mass is 473 g/mol. The molecule has 0 spiro atoms. The number of hydrogen-bond acceptors (Lipinski definition) is 9. The molecule has 2 aliphatic rings. The summed E-state index contributed by atoms with van der Waals surface area (Å²) in [6.07, 6.45) is 0.694.